The summed E-state index contributed by atoms with van der Waals surface area (Å²) in [6, 6.07) is 11.3. The van der Waals surface area contributed by atoms with Crippen LogP contribution in [-0.4, -0.2) is 11.6 Å². The van der Waals surface area contributed by atoms with Gasteiger partial charge in [-0.15, -0.1) is 0 Å². The van der Waals surface area contributed by atoms with Gasteiger partial charge in [0.2, 0.25) is 0 Å². The Hall–Kier alpha value is -2.14. The summed E-state index contributed by atoms with van der Waals surface area (Å²) in [5, 5.41) is 0. The minimum atomic E-state index is -0.418. The van der Waals surface area contributed by atoms with E-state index in [1.165, 1.54) is 18.2 Å². The summed E-state index contributed by atoms with van der Waals surface area (Å²) in [5.74, 6) is 1.11. The number of rotatable bonds is 5. The highest BCUT2D eigenvalue weighted by atomic mass is 32.1. The Balaban J connectivity index is 2.37. The average Bonchev–Trinajstić information content (AvgIpc) is 2.43. The number of hydrogen-bond acceptors (Lipinski definition) is 3. The monoisotopic (exact) mass is 291 g/mol. The van der Waals surface area contributed by atoms with Crippen molar-refractivity contribution in [2.24, 2.45) is 5.73 Å². The fourth-order valence-electron chi connectivity index (χ4n) is 1.71. The van der Waals surface area contributed by atoms with Crippen LogP contribution >= 0.6 is 12.2 Å². The number of hydrogen-bond donors (Lipinski definition) is 1. The molecular formula is C15H14FNO2S. The lowest BCUT2D eigenvalue weighted by Gasteiger charge is -2.13. The van der Waals surface area contributed by atoms with E-state index in [-0.39, 0.29) is 4.99 Å². The molecule has 0 aliphatic rings. The van der Waals surface area contributed by atoms with Crippen molar-refractivity contribution < 1.29 is 13.9 Å². The predicted molar refractivity (Wildman–Crippen MR) is 80.0 cm³/mol. The molecule has 0 aromatic heterocycles. The van der Waals surface area contributed by atoms with Gasteiger partial charge in [-0.25, -0.2) is 4.39 Å². The first-order chi connectivity index (χ1) is 9.61. The minimum absolute atomic E-state index is 0.0772. The topological polar surface area (TPSA) is 44.5 Å². The van der Waals surface area contributed by atoms with Gasteiger partial charge in [-0.2, -0.15) is 0 Å². The van der Waals surface area contributed by atoms with E-state index in [1.54, 1.807) is 12.1 Å². The molecule has 104 valence electrons. The van der Waals surface area contributed by atoms with Crippen molar-refractivity contribution in [3.63, 3.8) is 0 Å². The normalized spacial score (nSPS) is 10.1. The van der Waals surface area contributed by atoms with Gasteiger partial charge in [0, 0.05) is 0 Å². The van der Waals surface area contributed by atoms with Crippen LogP contribution in [0.2, 0.25) is 0 Å². The van der Waals surface area contributed by atoms with E-state index >= 15 is 0 Å². The molecule has 20 heavy (non-hydrogen) atoms. The van der Waals surface area contributed by atoms with Gasteiger partial charge in [0.25, 0.3) is 0 Å². The van der Waals surface area contributed by atoms with Crippen molar-refractivity contribution in [2.45, 2.75) is 6.92 Å². The van der Waals surface area contributed by atoms with Crippen LogP contribution in [0.1, 0.15) is 12.5 Å². The van der Waals surface area contributed by atoms with E-state index in [0.29, 0.717) is 29.4 Å². The fourth-order valence-corrected chi connectivity index (χ4v) is 1.87. The Morgan fingerprint density at radius 2 is 1.85 bits per heavy atom. The van der Waals surface area contributed by atoms with E-state index in [4.69, 9.17) is 27.4 Å². The third kappa shape index (κ3) is 3.24. The molecule has 2 rings (SSSR count). The van der Waals surface area contributed by atoms with Gasteiger partial charge in [-0.1, -0.05) is 24.4 Å². The maximum atomic E-state index is 13.3. The Kier molecular flexibility index (Phi) is 4.53. The first-order valence-electron chi connectivity index (χ1n) is 6.11. The first kappa shape index (κ1) is 14.3. The molecule has 0 bridgehead atoms. The quantitative estimate of drug-likeness (QED) is 0.854. The number of thiocarbonyl (C=S) groups is 1. The molecule has 0 unspecified atom stereocenters. The summed E-state index contributed by atoms with van der Waals surface area (Å²) in [7, 11) is 0. The van der Waals surface area contributed by atoms with Crippen molar-refractivity contribution in [3.8, 4) is 17.2 Å². The molecule has 0 aliphatic heterocycles. The Labute approximate surface area is 122 Å². The highest BCUT2D eigenvalue weighted by Crippen LogP contribution is 2.33. The fraction of sp³-hybridized carbons (Fsp3) is 0.133. The van der Waals surface area contributed by atoms with Gasteiger partial charge in [0.1, 0.15) is 16.6 Å². The molecule has 2 aromatic rings. The molecule has 0 spiro atoms. The van der Waals surface area contributed by atoms with Crippen molar-refractivity contribution >= 4 is 17.2 Å². The molecule has 0 saturated heterocycles. The number of benzene rings is 2. The highest BCUT2D eigenvalue weighted by Gasteiger charge is 2.11. The van der Waals surface area contributed by atoms with Gasteiger partial charge in [-0.05, 0) is 37.3 Å². The first-order valence-corrected chi connectivity index (χ1v) is 6.51. The molecule has 5 heteroatoms. The maximum absolute atomic E-state index is 13.3. The SMILES string of the molecule is CCOc1ccccc1Oc1ccc(F)cc1C(N)=S. The van der Waals surface area contributed by atoms with Crippen LogP contribution < -0.4 is 15.2 Å². The molecule has 2 N–H and O–H groups in total. The molecule has 2 aromatic carbocycles. The van der Waals surface area contributed by atoms with Crippen molar-refractivity contribution in [2.75, 3.05) is 6.61 Å². The van der Waals surface area contributed by atoms with Crippen LogP contribution in [-0.2, 0) is 0 Å². The average molecular weight is 291 g/mol. The molecule has 0 heterocycles. The second-order valence-electron chi connectivity index (χ2n) is 3.99. The Morgan fingerprint density at radius 1 is 1.15 bits per heavy atom. The van der Waals surface area contributed by atoms with E-state index in [0.717, 1.165) is 0 Å². The molecule has 0 saturated carbocycles. The lowest BCUT2D eigenvalue weighted by molar-refractivity contribution is 0.321. The van der Waals surface area contributed by atoms with Crippen molar-refractivity contribution in [1.82, 2.24) is 0 Å². The second-order valence-corrected chi connectivity index (χ2v) is 4.43. The van der Waals surface area contributed by atoms with Gasteiger partial charge in [-0.3, -0.25) is 0 Å². The summed E-state index contributed by atoms with van der Waals surface area (Å²) < 4.78 is 24.5. The van der Waals surface area contributed by atoms with Crippen LogP contribution in [0, 0.1) is 5.82 Å². The largest absolute Gasteiger partial charge is 0.490 e. The Morgan fingerprint density at radius 3 is 2.50 bits per heavy atom. The van der Waals surface area contributed by atoms with Crippen LogP contribution in [0.15, 0.2) is 42.5 Å². The smallest absolute Gasteiger partial charge is 0.169 e. The highest BCUT2D eigenvalue weighted by molar-refractivity contribution is 7.80. The van der Waals surface area contributed by atoms with E-state index in [1.807, 2.05) is 19.1 Å². The Bertz CT molecular complexity index is 631. The number of ether oxygens (including phenoxy) is 2. The maximum Gasteiger partial charge on any atom is 0.169 e. The molecule has 0 amide bonds. The molecular weight excluding hydrogens is 277 g/mol. The summed E-state index contributed by atoms with van der Waals surface area (Å²) in [6.45, 7) is 2.40. The van der Waals surface area contributed by atoms with Gasteiger partial charge in [0.05, 0.1) is 12.2 Å². The van der Waals surface area contributed by atoms with E-state index < -0.39 is 5.82 Å². The summed E-state index contributed by atoms with van der Waals surface area (Å²) in [5.41, 5.74) is 5.94. The lowest BCUT2D eigenvalue weighted by atomic mass is 10.2. The van der Waals surface area contributed by atoms with Crippen molar-refractivity contribution in [3.05, 3.63) is 53.8 Å². The third-order valence-corrected chi connectivity index (χ3v) is 2.80. The van der Waals surface area contributed by atoms with E-state index in [9.17, 15) is 4.39 Å². The van der Waals surface area contributed by atoms with Gasteiger partial charge >= 0.3 is 0 Å². The van der Waals surface area contributed by atoms with E-state index in [2.05, 4.69) is 0 Å². The van der Waals surface area contributed by atoms with Crippen LogP contribution in [0.25, 0.3) is 0 Å². The number of nitrogens with two attached hydrogens (primary N) is 1. The second kappa shape index (κ2) is 6.34. The zero-order chi connectivity index (χ0) is 14.5. The van der Waals surface area contributed by atoms with Crippen molar-refractivity contribution in [1.29, 1.82) is 0 Å². The third-order valence-electron chi connectivity index (χ3n) is 2.58. The summed E-state index contributed by atoms with van der Waals surface area (Å²) in [6.07, 6.45) is 0. The molecule has 3 nitrogen and oxygen atoms in total. The molecule has 0 fully saturated rings. The molecule has 0 atom stereocenters. The minimum Gasteiger partial charge on any atom is -0.490 e. The van der Waals surface area contributed by atoms with Crippen LogP contribution in [0.5, 0.6) is 17.2 Å². The van der Waals surface area contributed by atoms with Gasteiger partial charge in [0.15, 0.2) is 11.5 Å². The number of halogens is 1. The lowest BCUT2D eigenvalue weighted by Crippen LogP contribution is -2.11. The number of para-hydroxylation sites is 2. The van der Waals surface area contributed by atoms with Crippen LogP contribution in [0.4, 0.5) is 4.39 Å². The summed E-state index contributed by atoms with van der Waals surface area (Å²) >= 11 is 4.91. The van der Waals surface area contributed by atoms with Crippen LogP contribution in [0.3, 0.4) is 0 Å². The van der Waals surface area contributed by atoms with Gasteiger partial charge < -0.3 is 15.2 Å². The zero-order valence-corrected chi connectivity index (χ0v) is 11.7. The predicted octanol–water partition coefficient (Wildman–Crippen LogP) is 3.65. The summed E-state index contributed by atoms with van der Waals surface area (Å²) in [4.78, 5) is 0.0772. The standard InChI is InChI=1S/C15H14FNO2S/c1-2-18-13-5-3-4-6-14(13)19-12-8-7-10(16)9-11(12)15(17)20/h3-9H,2H2,1H3,(H2,17,20). The zero-order valence-electron chi connectivity index (χ0n) is 10.9. The molecule has 0 radical (unpaired) electrons. The molecule has 0 aliphatic carbocycles.